The van der Waals surface area contributed by atoms with Gasteiger partial charge in [-0.2, -0.15) is 0 Å². The first kappa shape index (κ1) is 27.6. The van der Waals surface area contributed by atoms with E-state index in [4.69, 9.17) is 9.63 Å². The lowest BCUT2D eigenvalue weighted by Crippen LogP contribution is -2.18. The van der Waals surface area contributed by atoms with Gasteiger partial charge in [0.25, 0.3) is 0 Å². The molecule has 0 aliphatic heterocycles. The van der Waals surface area contributed by atoms with Crippen LogP contribution in [0.2, 0.25) is 0 Å². The zero-order valence-electron chi connectivity index (χ0n) is 19.5. The van der Waals surface area contributed by atoms with E-state index in [2.05, 4.69) is 66.0 Å². The van der Waals surface area contributed by atoms with Gasteiger partial charge in [-0.05, 0) is 34.6 Å². The molecule has 0 amide bonds. The number of rotatable bonds is 7. The van der Waals surface area contributed by atoms with Gasteiger partial charge in [0, 0.05) is 11.1 Å². The molecule has 1 aromatic carbocycles. The van der Waals surface area contributed by atoms with Crippen molar-refractivity contribution >= 4 is 20.1 Å². The Labute approximate surface area is 177 Å². The van der Waals surface area contributed by atoms with Crippen LogP contribution >= 0.6 is 8.25 Å². The van der Waals surface area contributed by atoms with Crippen molar-refractivity contribution in [2.45, 2.75) is 79.1 Å². The molecule has 0 bridgehead atoms. The Morgan fingerprint density at radius 3 is 2.00 bits per heavy atom. The Kier molecular flexibility index (Phi) is 11.7. The predicted molar refractivity (Wildman–Crippen MR) is 122 cm³/mol. The SMILES string of the molecule is CCCC.COc1c(/C=C/C(=O)CO[PH](=O)O)cc(C(C)(C)C)cc1C(C)(C)C. The monoisotopic (exact) mass is 426 g/mol. The summed E-state index contributed by atoms with van der Waals surface area (Å²) >= 11 is 0. The van der Waals surface area contributed by atoms with Gasteiger partial charge in [-0.15, -0.1) is 0 Å². The molecule has 1 atom stereocenters. The minimum absolute atomic E-state index is 0.0568. The van der Waals surface area contributed by atoms with Gasteiger partial charge in [0.1, 0.15) is 12.4 Å². The van der Waals surface area contributed by atoms with E-state index in [1.807, 2.05) is 6.07 Å². The molecule has 0 aliphatic rings. The molecule has 1 aromatic rings. The second-order valence-corrected chi connectivity index (χ2v) is 9.82. The highest BCUT2D eigenvalue weighted by molar-refractivity contribution is 7.32. The number of methoxy groups -OCH3 is 1. The maximum atomic E-state index is 11.8. The smallest absolute Gasteiger partial charge is 0.317 e. The van der Waals surface area contributed by atoms with Gasteiger partial charge in [0.2, 0.25) is 0 Å². The molecule has 0 saturated heterocycles. The third-order valence-electron chi connectivity index (χ3n) is 4.28. The maximum Gasteiger partial charge on any atom is 0.317 e. The highest BCUT2D eigenvalue weighted by Crippen LogP contribution is 2.38. The Balaban J connectivity index is 0.00000178. The Morgan fingerprint density at radius 1 is 1.07 bits per heavy atom. The van der Waals surface area contributed by atoms with Crippen molar-refractivity contribution in [3.8, 4) is 5.75 Å². The van der Waals surface area contributed by atoms with Crippen molar-refractivity contribution in [1.29, 1.82) is 0 Å². The van der Waals surface area contributed by atoms with E-state index in [-0.39, 0.29) is 16.6 Å². The highest BCUT2D eigenvalue weighted by atomic mass is 31.1. The lowest BCUT2D eigenvalue weighted by molar-refractivity contribution is -0.116. The molecular weight excluding hydrogens is 387 g/mol. The molecule has 0 heterocycles. The van der Waals surface area contributed by atoms with Gasteiger partial charge in [-0.3, -0.25) is 9.36 Å². The van der Waals surface area contributed by atoms with Gasteiger partial charge in [-0.1, -0.05) is 74.3 Å². The molecule has 1 N–H and O–H groups in total. The third-order valence-corrected chi connectivity index (χ3v) is 4.67. The van der Waals surface area contributed by atoms with Crippen molar-refractivity contribution in [3.05, 3.63) is 34.9 Å². The van der Waals surface area contributed by atoms with E-state index < -0.39 is 14.9 Å². The van der Waals surface area contributed by atoms with Crippen LogP contribution in [0, 0.1) is 0 Å². The molecule has 0 fully saturated rings. The minimum atomic E-state index is -3.11. The van der Waals surface area contributed by atoms with Crippen LogP contribution < -0.4 is 4.74 Å². The topological polar surface area (TPSA) is 72.8 Å². The molecule has 5 nitrogen and oxygen atoms in total. The maximum absolute atomic E-state index is 11.8. The zero-order valence-corrected chi connectivity index (χ0v) is 20.5. The zero-order chi connectivity index (χ0) is 22.8. The summed E-state index contributed by atoms with van der Waals surface area (Å²) in [5.74, 6) is 0.342. The number of ketones is 1. The Morgan fingerprint density at radius 2 is 1.62 bits per heavy atom. The molecule has 0 saturated carbocycles. The van der Waals surface area contributed by atoms with Crippen LogP contribution in [0.15, 0.2) is 18.2 Å². The molecule has 1 unspecified atom stereocenters. The Bertz CT molecular complexity index is 707. The van der Waals surface area contributed by atoms with Crippen LogP contribution in [0.5, 0.6) is 5.75 Å². The first-order chi connectivity index (χ1) is 13.3. The average Bonchev–Trinajstić information content (AvgIpc) is 2.62. The third kappa shape index (κ3) is 10.3. The Hall–Kier alpha value is -1.42. The first-order valence-electron chi connectivity index (χ1n) is 10.1. The summed E-state index contributed by atoms with van der Waals surface area (Å²) in [7, 11) is -1.49. The standard InChI is InChI=1S/C19H29O5P.C4H10/c1-18(2,3)14-10-13(8-9-15(20)12-24-25(21)22)17(23-7)16(11-14)19(4,5)6;1-3-4-2/h8-11,25H,12H2,1-7H3,(H,21,22);3-4H2,1-2H3/b9-8+;. The van der Waals surface area contributed by atoms with E-state index >= 15 is 0 Å². The summed E-state index contributed by atoms with van der Waals surface area (Å²) < 4.78 is 20.7. The van der Waals surface area contributed by atoms with Crippen molar-refractivity contribution in [1.82, 2.24) is 0 Å². The van der Waals surface area contributed by atoms with Crippen LogP contribution in [0.3, 0.4) is 0 Å². The fraction of sp³-hybridized carbons (Fsp3) is 0.609. The normalized spacial score (nSPS) is 13.0. The summed E-state index contributed by atoms with van der Waals surface area (Å²) in [5.41, 5.74) is 2.82. The van der Waals surface area contributed by atoms with Gasteiger partial charge in [0.05, 0.1) is 7.11 Å². The predicted octanol–water partition coefficient (Wildman–Crippen LogP) is 6.08. The first-order valence-corrected chi connectivity index (χ1v) is 11.3. The molecule has 29 heavy (non-hydrogen) atoms. The largest absolute Gasteiger partial charge is 0.496 e. The molecule has 6 heteroatoms. The molecule has 0 radical (unpaired) electrons. The van der Waals surface area contributed by atoms with E-state index in [1.54, 1.807) is 13.2 Å². The lowest BCUT2D eigenvalue weighted by Gasteiger charge is -2.28. The number of carbonyl (C=O) groups is 1. The summed E-state index contributed by atoms with van der Waals surface area (Å²) in [6.07, 6.45) is 5.66. The van der Waals surface area contributed by atoms with Crippen LogP contribution in [-0.4, -0.2) is 24.4 Å². The van der Waals surface area contributed by atoms with Crippen molar-refractivity contribution in [2.75, 3.05) is 13.7 Å². The summed E-state index contributed by atoms with van der Waals surface area (Å²) in [5, 5.41) is 0. The van der Waals surface area contributed by atoms with E-state index in [0.29, 0.717) is 0 Å². The number of unbranched alkanes of at least 4 members (excludes halogenated alkanes) is 1. The molecule has 0 spiro atoms. The number of hydrogen-bond donors (Lipinski definition) is 1. The molecular formula is C23H39O5P. The van der Waals surface area contributed by atoms with Crippen LogP contribution in [0.1, 0.15) is 84.9 Å². The van der Waals surface area contributed by atoms with Crippen LogP contribution in [-0.2, 0) is 24.7 Å². The second kappa shape index (κ2) is 12.3. The van der Waals surface area contributed by atoms with Crippen LogP contribution in [0.25, 0.3) is 6.08 Å². The van der Waals surface area contributed by atoms with Crippen molar-refractivity contribution in [3.63, 3.8) is 0 Å². The van der Waals surface area contributed by atoms with Gasteiger partial charge in [0.15, 0.2) is 5.78 Å². The minimum Gasteiger partial charge on any atom is -0.496 e. The fourth-order valence-corrected chi connectivity index (χ4v) is 2.62. The van der Waals surface area contributed by atoms with E-state index in [0.717, 1.165) is 22.4 Å². The average molecular weight is 427 g/mol. The quantitative estimate of drug-likeness (QED) is 0.423. The molecule has 166 valence electrons. The number of carbonyl (C=O) groups excluding carboxylic acids is 1. The van der Waals surface area contributed by atoms with Crippen LogP contribution in [0.4, 0.5) is 0 Å². The molecule has 0 aliphatic carbocycles. The summed E-state index contributed by atoms with van der Waals surface area (Å²) in [6.45, 7) is 16.7. The highest BCUT2D eigenvalue weighted by Gasteiger charge is 2.25. The van der Waals surface area contributed by atoms with Gasteiger partial charge >= 0.3 is 8.25 Å². The molecule has 0 aromatic heterocycles. The van der Waals surface area contributed by atoms with E-state index in [9.17, 15) is 9.36 Å². The number of ether oxygens (including phenoxy) is 1. The number of benzene rings is 1. The summed E-state index contributed by atoms with van der Waals surface area (Å²) in [6, 6.07) is 4.16. The number of hydrogen-bond acceptors (Lipinski definition) is 4. The van der Waals surface area contributed by atoms with Crippen molar-refractivity contribution in [2.24, 2.45) is 0 Å². The molecule has 1 rings (SSSR count). The second-order valence-electron chi connectivity index (χ2n) is 9.00. The summed E-state index contributed by atoms with van der Waals surface area (Å²) in [4.78, 5) is 20.4. The van der Waals surface area contributed by atoms with E-state index in [1.165, 1.54) is 18.9 Å². The lowest BCUT2D eigenvalue weighted by atomic mass is 9.79. The fourth-order valence-electron chi connectivity index (χ4n) is 2.36. The van der Waals surface area contributed by atoms with Crippen molar-refractivity contribution < 1.29 is 23.5 Å². The van der Waals surface area contributed by atoms with Gasteiger partial charge < -0.3 is 14.2 Å². The van der Waals surface area contributed by atoms with Gasteiger partial charge in [-0.25, -0.2) is 0 Å².